The number of aromatic nitrogens is 2. The van der Waals surface area contributed by atoms with Crippen molar-refractivity contribution in [2.24, 2.45) is 0 Å². The summed E-state index contributed by atoms with van der Waals surface area (Å²) < 4.78 is 43.1. The molecule has 0 aliphatic rings. The smallest absolute Gasteiger partial charge is 0.419 e. The zero-order chi connectivity index (χ0) is 14.9. The molecule has 106 valence electrons. The Morgan fingerprint density at radius 3 is 2.65 bits per heavy atom. The first-order valence-electron chi connectivity index (χ1n) is 5.43. The summed E-state index contributed by atoms with van der Waals surface area (Å²) in [6, 6.07) is 4.17. The number of methoxy groups -OCH3 is 1. The van der Waals surface area contributed by atoms with Gasteiger partial charge >= 0.3 is 12.1 Å². The van der Waals surface area contributed by atoms with E-state index in [0.29, 0.717) is 6.20 Å². The summed E-state index contributed by atoms with van der Waals surface area (Å²) in [6.45, 7) is 0. The average molecular weight is 285 g/mol. The molecule has 0 radical (unpaired) electrons. The fourth-order valence-corrected chi connectivity index (χ4v) is 1.63. The summed E-state index contributed by atoms with van der Waals surface area (Å²) in [7, 11) is 1.17. The fourth-order valence-electron chi connectivity index (χ4n) is 1.63. The van der Waals surface area contributed by atoms with Gasteiger partial charge in [0.05, 0.1) is 30.1 Å². The molecule has 5 nitrogen and oxygen atoms in total. The highest BCUT2D eigenvalue weighted by atomic mass is 19.4. The van der Waals surface area contributed by atoms with E-state index in [1.54, 1.807) is 0 Å². The first-order valence-corrected chi connectivity index (χ1v) is 5.43. The Labute approximate surface area is 111 Å². The van der Waals surface area contributed by atoms with Gasteiger partial charge in [-0.3, -0.25) is 0 Å². The van der Waals surface area contributed by atoms with Crippen LogP contribution in [0.25, 0.3) is 5.69 Å². The summed E-state index contributed by atoms with van der Waals surface area (Å²) in [5.74, 6) is -0.712. The number of alkyl halides is 3. The van der Waals surface area contributed by atoms with Crippen molar-refractivity contribution in [3.8, 4) is 5.69 Å². The second-order valence-electron chi connectivity index (χ2n) is 3.94. The second-order valence-corrected chi connectivity index (χ2v) is 3.94. The number of nitrogens with zero attached hydrogens (tertiary/aromatic N) is 2. The van der Waals surface area contributed by atoms with Crippen molar-refractivity contribution in [2.75, 3.05) is 12.8 Å². The van der Waals surface area contributed by atoms with Gasteiger partial charge < -0.3 is 10.5 Å². The van der Waals surface area contributed by atoms with Crippen LogP contribution in [0.5, 0.6) is 0 Å². The normalized spacial score (nSPS) is 11.4. The molecule has 2 rings (SSSR count). The van der Waals surface area contributed by atoms with Crippen molar-refractivity contribution in [3.63, 3.8) is 0 Å². The van der Waals surface area contributed by atoms with Crippen molar-refractivity contribution >= 4 is 11.7 Å². The number of benzene rings is 1. The fraction of sp³-hybridized carbons (Fsp3) is 0.167. The molecule has 1 aromatic heterocycles. The van der Waals surface area contributed by atoms with Crippen LogP contribution in [0.4, 0.5) is 18.9 Å². The Bertz CT molecular complexity index is 650. The van der Waals surface area contributed by atoms with E-state index < -0.39 is 17.7 Å². The summed E-state index contributed by atoms with van der Waals surface area (Å²) in [6.07, 6.45) is -3.03. The molecule has 1 aromatic carbocycles. The molecule has 20 heavy (non-hydrogen) atoms. The van der Waals surface area contributed by atoms with Crippen LogP contribution in [-0.4, -0.2) is 22.9 Å². The van der Waals surface area contributed by atoms with E-state index in [-0.39, 0.29) is 16.9 Å². The number of anilines is 1. The number of halogens is 3. The topological polar surface area (TPSA) is 70.1 Å². The predicted molar refractivity (Wildman–Crippen MR) is 64.3 cm³/mol. The van der Waals surface area contributed by atoms with E-state index >= 15 is 0 Å². The number of carbonyl (C=O) groups excluding carboxylic acids is 1. The van der Waals surface area contributed by atoms with Crippen molar-refractivity contribution in [3.05, 3.63) is 41.7 Å². The first kappa shape index (κ1) is 13.9. The zero-order valence-corrected chi connectivity index (χ0v) is 10.3. The van der Waals surface area contributed by atoms with Gasteiger partial charge in [-0.05, 0) is 18.2 Å². The van der Waals surface area contributed by atoms with Crippen LogP contribution in [0.2, 0.25) is 0 Å². The number of nitrogen functional groups attached to an aromatic ring is 1. The van der Waals surface area contributed by atoms with Crippen molar-refractivity contribution < 1.29 is 22.7 Å². The monoisotopic (exact) mass is 285 g/mol. The molecule has 0 aliphatic heterocycles. The van der Waals surface area contributed by atoms with Gasteiger partial charge in [-0.2, -0.15) is 18.3 Å². The number of ether oxygens (including phenoxy) is 1. The summed E-state index contributed by atoms with van der Waals surface area (Å²) in [5, 5.41) is 3.61. The average Bonchev–Trinajstić information content (AvgIpc) is 2.87. The van der Waals surface area contributed by atoms with Crippen LogP contribution in [0.1, 0.15) is 15.9 Å². The van der Waals surface area contributed by atoms with Gasteiger partial charge in [0, 0.05) is 11.9 Å². The number of hydrogen-bond donors (Lipinski definition) is 1. The van der Waals surface area contributed by atoms with E-state index in [0.717, 1.165) is 10.9 Å². The Morgan fingerprint density at radius 2 is 2.10 bits per heavy atom. The molecule has 1 heterocycles. The standard InChI is InChI=1S/C12H10F3N3O2/c1-20-11(19)9-4-8(16)2-3-10(9)18-6-7(5-17-18)12(13,14)15/h2-6H,16H2,1H3. The summed E-state index contributed by atoms with van der Waals surface area (Å²) in [5.41, 5.74) is 5.12. The van der Waals surface area contributed by atoms with Gasteiger partial charge in [0.25, 0.3) is 0 Å². The van der Waals surface area contributed by atoms with Gasteiger partial charge in [0.2, 0.25) is 0 Å². The van der Waals surface area contributed by atoms with E-state index in [4.69, 9.17) is 5.73 Å². The Kier molecular flexibility index (Phi) is 3.39. The molecule has 2 N–H and O–H groups in total. The highest BCUT2D eigenvalue weighted by molar-refractivity contribution is 5.94. The number of rotatable bonds is 2. The van der Waals surface area contributed by atoms with Crippen LogP contribution < -0.4 is 5.73 Å². The highest BCUT2D eigenvalue weighted by Gasteiger charge is 2.32. The molecular formula is C12H10F3N3O2. The molecule has 0 amide bonds. The first-order chi connectivity index (χ1) is 9.32. The number of carbonyl (C=O) groups is 1. The van der Waals surface area contributed by atoms with Crippen LogP contribution in [0, 0.1) is 0 Å². The summed E-state index contributed by atoms with van der Waals surface area (Å²) >= 11 is 0. The number of nitrogens with two attached hydrogens (primary N) is 1. The maximum absolute atomic E-state index is 12.5. The maximum Gasteiger partial charge on any atom is 0.419 e. The Hall–Kier alpha value is -2.51. The van der Waals surface area contributed by atoms with E-state index in [1.165, 1.54) is 25.3 Å². The molecule has 0 atom stereocenters. The van der Waals surface area contributed by atoms with Gasteiger partial charge in [-0.1, -0.05) is 0 Å². The van der Waals surface area contributed by atoms with Crippen molar-refractivity contribution in [2.45, 2.75) is 6.18 Å². The summed E-state index contributed by atoms with van der Waals surface area (Å²) in [4.78, 5) is 11.6. The molecule has 0 spiro atoms. The van der Waals surface area contributed by atoms with Crippen molar-refractivity contribution in [1.29, 1.82) is 0 Å². The van der Waals surface area contributed by atoms with Crippen LogP contribution in [0.15, 0.2) is 30.6 Å². The third-order valence-corrected chi connectivity index (χ3v) is 2.58. The van der Waals surface area contributed by atoms with Crippen LogP contribution in [0.3, 0.4) is 0 Å². The van der Waals surface area contributed by atoms with Crippen molar-refractivity contribution in [1.82, 2.24) is 9.78 Å². The highest BCUT2D eigenvalue weighted by Crippen LogP contribution is 2.29. The lowest BCUT2D eigenvalue weighted by Crippen LogP contribution is -2.09. The minimum Gasteiger partial charge on any atom is -0.465 e. The molecule has 0 aliphatic carbocycles. The lowest BCUT2D eigenvalue weighted by molar-refractivity contribution is -0.137. The molecule has 0 bridgehead atoms. The quantitative estimate of drug-likeness (QED) is 0.678. The Morgan fingerprint density at radius 1 is 1.40 bits per heavy atom. The molecule has 0 unspecified atom stereocenters. The largest absolute Gasteiger partial charge is 0.465 e. The van der Waals surface area contributed by atoms with Gasteiger partial charge in [0.15, 0.2) is 0 Å². The molecule has 2 aromatic rings. The SMILES string of the molecule is COC(=O)c1cc(N)ccc1-n1cc(C(F)(F)F)cn1. The Balaban J connectivity index is 2.52. The minimum absolute atomic E-state index is 0.0318. The maximum atomic E-state index is 12.5. The van der Waals surface area contributed by atoms with Crippen LogP contribution in [-0.2, 0) is 10.9 Å². The third kappa shape index (κ3) is 2.58. The second kappa shape index (κ2) is 4.87. The molecule has 0 fully saturated rings. The lowest BCUT2D eigenvalue weighted by Gasteiger charge is -2.09. The van der Waals surface area contributed by atoms with E-state index in [1.807, 2.05) is 0 Å². The molecule has 0 saturated heterocycles. The third-order valence-electron chi connectivity index (χ3n) is 2.58. The number of esters is 1. The van der Waals surface area contributed by atoms with Crippen LogP contribution >= 0.6 is 0 Å². The van der Waals surface area contributed by atoms with Gasteiger partial charge in [-0.15, -0.1) is 0 Å². The molecular weight excluding hydrogens is 275 g/mol. The lowest BCUT2D eigenvalue weighted by atomic mass is 10.1. The molecule has 8 heteroatoms. The molecule has 0 saturated carbocycles. The predicted octanol–water partition coefficient (Wildman–Crippen LogP) is 2.26. The van der Waals surface area contributed by atoms with Gasteiger partial charge in [-0.25, -0.2) is 9.48 Å². The van der Waals surface area contributed by atoms with E-state index in [9.17, 15) is 18.0 Å². The van der Waals surface area contributed by atoms with E-state index in [2.05, 4.69) is 9.84 Å². The zero-order valence-electron chi connectivity index (χ0n) is 10.3. The van der Waals surface area contributed by atoms with Gasteiger partial charge in [0.1, 0.15) is 0 Å². The minimum atomic E-state index is -4.50. The number of hydrogen-bond acceptors (Lipinski definition) is 4.